The third kappa shape index (κ3) is 170. The van der Waals surface area contributed by atoms with E-state index in [1.54, 1.807) is 0 Å². The van der Waals surface area contributed by atoms with Crippen molar-refractivity contribution in [1.29, 1.82) is 0 Å². The van der Waals surface area contributed by atoms with Crippen LogP contribution in [0, 0.1) is 0 Å². The molecule has 0 aromatic carbocycles. The molecule has 0 heterocycles. The van der Waals surface area contributed by atoms with Gasteiger partial charge in [-0.3, -0.25) is 0 Å². The topological polar surface area (TPSA) is 60.7 Å². The van der Waals surface area contributed by atoms with Crippen molar-refractivity contribution < 1.29 is 27.7 Å². The van der Waals surface area contributed by atoms with Crippen molar-refractivity contribution >= 4 is 27.7 Å². The first-order valence-electron chi connectivity index (χ1n) is 1.01. The summed E-state index contributed by atoms with van der Waals surface area (Å²) in [5, 5.41) is 21.5. The van der Waals surface area contributed by atoms with E-state index in [0.717, 1.165) is 0 Å². The normalized spacial score (nSPS) is 7.00. The van der Waals surface area contributed by atoms with Gasteiger partial charge in [0.05, 0.1) is 0 Å². The molecule has 48 valence electrons. The molecule has 0 saturated heterocycles. The predicted molar refractivity (Wildman–Crippen MR) is 24.1 cm³/mol. The van der Waals surface area contributed by atoms with E-state index in [9.17, 15) is 0 Å². The van der Waals surface area contributed by atoms with E-state index in [0.29, 0.717) is 12.7 Å². The number of halogens is 2. The number of hydrogen-bond donors (Lipinski definition) is 3. The summed E-state index contributed by atoms with van der Waals surface area (Å²) >= 11 is 0.569. The van der Waals surface area contributed by atoms with E-state index in [2.05, 4.69) is 0 Å². The molecule has 0 radical (unpaired) electrons. The first kappa shape index (κ1) is 10.9. The van der Waals surface area contributed by atoms with Crippen molar-refractivity contribution in [3.8, 4) is 0 Å². The van der Waals surface area contributed by atoms with Crippen LogP contribution in [0.1, 0.15) is 0 Å². The monoisotopic (exact) mass is 190 g/mol. The van der Waals surface area contributed by atoms with Gasteiger partial charge in [-0.05, 0) is 0 Å². The second-order valence-electron chi connectivity index (χ2n) is 0.392. The predicted octanol–water partition coefficient (Wildman–Crippen LogP) is -0.675. The second kappa shape index (κ2) is 10.1. The molecular weight excluding hydrogens is 188 g/mol. The Balaban J connectivity index is 0. The zero-order chi connectivity index (χ0) is 6.28. The van der Waals surface area contributed by atoms with E-state index in [4.69, 9.17) is 35.5 Å². The summed E-state index contributed by atoms with van der Waals surface area (Å²) in [4.78, 5) is 0. The quantitative estimate of drug-likeness (QED) is 0.445. The fourth-order valence-corrected chi connectivity index (χ4v) is 0. The molecule has 3 nitrogen and oxygen atoms in total. The Bertz CT molecular complexity index is 24.1. The van der Waals surface area contributed by atoms with Crippen LogP contribution >= 0.6 is 20.4 Å². The van der Waals surface area contributed by atoms with Crippen LogP contribution in [0.4, 0.5) is 0 Å². The fourth-order valence-electron chi connectivity index (χ4n) is 0. The van der Waals surface area contributed by atoms with Crippen molar-refractivity contribution in [1.82, 2.24) is 0 Å². The summed E-state index contributed by atoms with van der Waals surface area (Å²) in [6.45, 7) is 0. The molecule has 0 spiro atoms. The first-order chi connectivity index (χ1) is 3.15. The fraction of sp³-hybridized carbons (Fsp3) is 0. The van der Waals surface area contributed by atoms with Gasteiger partial charge in [0.1, 0.15) is 0 Å². The Labute approximate surface area is 55.8 Å². The first-order valence-corrected chi connectivity index (χ1v) is 3.73. The van der Waals surface area contributed by atoms with Gasteiger partial charge in [-0.2, -0.15) is 0 Å². The Hall–Kier alpha value is 1.02. The molecule has 0 fully saturated rings. The van der Waals surface area contributed by atoms with Crippen molar-refractivity contribution in [2.24, 2.45) is 0 Å². The van der Waals surface area contributed by atoms with Gasteiger partial charge >= 0.3 is 40.4 Å². The minimum absolute atomic E-state index is 0.569. The van der Waals surface area contributed by atoms with Gasteiger partial charge in [0.2, 0.25) is 0 Å². The van der Waals surface area contributed by atoms with Crippen LogP contribution in [0.3, 0.4) is 0 Å². The molecular formula is H3BCl2NiO3. The van der Waals surface area contributed by atoms with Gasteiger partial charge < -0.3 is 15.1 Å². The maximum absolute atomic E-state index is 7.17. The molecule has 0 aromatic rings. The summed E-state index contributed by atoms with van der Waals surface area (Å²) in [7, 11) is 7.24. The average molecular weight is 191 g/mol. The standard InChI is InChI=1S/BH3O3.2ClH.Ni/c2-1(3)4;;;/h2-4H;2*1H;/q;;;+2/p-2. The molecule has 0 aromatic heterocycles. The zero-order valence-corrected chi connectivity index (χ0v) is 5.49. The van der Waals surface area contributed by atoms with Gasteiger partial charge in [-0.25, -0.2) is 0 Å². The molecule has 0 aliphatic heterocycles. The second-order valence-corrected chi connectivity index (χ2v) is 2.02. The SMILES string of the molecule is OB(O)O.[Cl][Ni][Cl]. The summed E-state index contributed by atoms with van der Waals surface area (Å²) in [5.74, 6) is 0. The molecule has 7 heteroatoms. The third-order valence-electron chi connectivity index (χ3n) is 0. The van der Waals surface area contributed by atoms with Crippen LogP contribution < -0.4 is 0 Å². The molecule has 0 saturated carbocycles. The van der Waals surface area contributed by atoms with Crippen molar-refractivity contribution in [2.75, 3.05) is 0 Å². The minimum atomic E-state index is -2.17. The molecule has 3 N–H and O–H groups in total. The van der Waals surface area contributed by atoms with Crippen molar-refractivity contribution in [3.05, 3.63) is 0 Å². The summed E-state index contributed by atoms with van der Waals surface area (Å²) in [6.07, 6.45) is 0. The van der Waals surface area contributed by atoms with Gasteiger partial charge in [0.15, 0.2) is 0 Å². The van der Waals surface area contributed by atoms with Gasteiger partial charge in [0.25, 0.3) is 0 Å². The van der Waals surface area contributed by atoms with Crippen LogP contribution in [-0.4, -0.2) is 22.4 Å². The molecule has 0 bridgehead atoms. The zero-order valence-electron chi connectivity index (χ0n) is 2.99. The van der Waals surface area contributed by atoms with Gasteiger partial charge in [-0.1, -0.05) is 0 Å². The van der Waals surface area contributed by atoms with Crippen molar-refractivity contribution in [2.45, 2.75) is 0 Å². The van der Waals surface area contributed by atoms with Gasteiger partial charge in [0, 0.05) is 0 Å². The van der Waals surface area contributed by atoms with Crippen LogP contribution in [0.25, 0.3) is 0 Å². The van der Waals surface area contributed by atoms with Crippen LogP contribution in [-0.2, 0) is 12.7 Å². The van der Waals surface area contributed by atoms with E-state index in [-0.39, 0.29) is 0 Å². The molecule has 0 aliphatic carbocycles. The molecule has 0 amide bonds. The Morgan fingerprint density at radius 3 is 1.14 bits per heavy atom. The van der Waals surface area contributed by atoms with Crippen LogP contribution in [0.15, 0.2) is 0 Å². The molecule has 0 unspecified atom stereocenters. The Kier molecular flexibility index (Phi) is 15.7. The Morgan fingerprint density at radius 1 is 1.14 bits per heavy atom. The van der Waals surface area contributed by atoms with E-state index >= 15 is 0 Å². The van der Waals surface area contributed by atoms with E-state index in [1.807, 2.05) is 0 Å². The van der Waals surface area contributed by atoms with Crippen molar-refractivity contribution in [3.63, 3.8) is 0 Å². The third-order valence-corrected chi connectivity index (χ3v) is 0. The number of hydrogen-bond acceptors (Lipinski definition) is 3. The van der Waals surface area contributed by atoms with Crippen LogP contribution in [0.2, 0.25) is 0 Å². The summed E-state index contributed by atoms with van der Waals surface area (Å²) < 4.78 is 0. The van der Waals surface area contributed by atoms with E-state index < -0.39 is 7.32 Å². The van der Waals surface area contributed by atoms with E-state index in [1.165, 1.54) is 0 Å². The van der Waals surface area contributed by atoms with Crippen LogP contribution in [0.5, 0.6) is 0 Å². The van der Waals surface area contributed by atoms with Gasteiger partial charge in [-0.15, -0.1) is 0 Å². The Morgan fingerprint density at radius 2 is 1.14 bits per heavy atom. The molecule has 0 rings (SSSR count). The molecule has 0 atom stereocenters. The molecule has 0 aliphatic rings. The summed E-state index contributed by atoms with van der Waals surface area (Å²) in [6, 6.07) is 0. The maximum atomic E-state index is 7.17. The summed E-state index contributed by atoms with van der Waals surface area (Å²) in [5.41, 5.74) is 0. The number of rotatable bonds is 0. The average Bonchev–Trinajstić information content (AvgIpc) is 1.33. The molecule has 7 heavy (non-hydrogen) atoms.